The van der Waals surface area contributed by atoms with E-state index < -0.39 is 6.04 Å². The Morgan fingerprint density at radius 2 is 1.80 bits per heavy atom. The van der Waals surface area contributed by atoms with E-state index in [0.717, 1.165) is 6.42 Å². The van der Waals surface area contributed by atoms with Crippen LogP contribution in [-0.4, -0.2) is 42.7 Å². The maximum absolute atomic E-state index is 11.8. The standard InChI is InChI=1S/C13H24ClN3O3/c1-3-6-11(18)16-8-5-7-10(13(20)15-4-2)17-12(19)9-14/h10H,3-9H2,1-2H3,(H,15,20)(H,16,18)(H,17,19). The van der Waals surface area contributed by atoms with E-state index in [2.05, 4.69) is 16.0 Å². The van der Waals surface area contributed by atoms with Crippen LogP contribution in [0.3, 0.4) is 0 Å². The Morgan fingerprint density at radius 1 is 1.10 bits per heavy atom. The van der Waals surface area contributed by atoms with Crippen molar-refractivity contribution in [1.82, 2.24) is 16.0 Å². The van der Waals surface area contributed by atoms with Gasteiger partial charge in [-0.2, -0.15) is 0 Å². The van der Waals surface area contributed by atoms with Gasteiger partial charge in [-0.25, -0.2) is 0 Å². The van der Waals surface area contributed by atoms with E-state index in [1.807, 2.05) is 13.8 Å². The van der Waals surface area contributed by atoms with Gasteiger partial charge in [0.15, 0.2) is 0 Å². The van der Waals surface area contributed by atoms with Crippen molar-refractivity contribution in [3.05, 3.63) is 0 Å². The number of likely N-dealkylation sites (N-methyl/N-ethyl adjacent to an activating group) is 1. The fraction of sp³-hybridized carbons (Fsp3) is 0.769. The number of rotatable bonds is 10. The summed E-state index contributed by atoms with van der Waals surface area (Å²) in [6.07, 6.45) is 2.38. The van der Waals surface area contributed by atoms with Gasteiger partial charge in [0.2, 0.25) is 17.7 Å². The summed E-state index contributed by atoms with van der Waals surface area (Å²) in [5.41, 5.74) is 0. The largest absolute Gasteiger partial charge is 0.356 e. The van der Waals surface area contributed by atoms with Gasteiger partial charge in [0.25, 0.3) is 0 Å². The smallest absolute Gasteiger partial charge is 0.242 e. The van der Waals surface area contributed by atoms with Gasteiger partial charge in [0.05, 0.1) is 0 Å². The van der Waals surface area contributed by atoms with E-state index in [9.17, 15) is 14.4 Å². The van der Waals surface area contributed by atoms with Crippen LogP contribution in [-0.2, 0) is 14.4 Å². The second-order valence-electron chi connectivity index (χ2n) is 4.39. The van der Waals surface area contributed by atoms with Crippen molar-refractivity contribution in [3.8, 4) is 0 Å². The lowest BCUT2D eigenvalue weighted by Gasteiger charge is -2.17. The average molecular weight is 306 g/mol. The van der Waals surface area contributed by atoms with Crippen LogP contribution in [0.15, 0.2) is 0 Å². The Kier molecular flexibility index (Phi) is 10.8. The van der Waals surface area contributed by atoms with Crippen LogP contribution in [0.25, 0.3) is 0 Å². The van der Waals surface area contributed by atoms with Gasteiger partial charge in [-0.1, -0.05) is 6.92 Å². The van der Waals surface area contributed by atoms with Crippen molar-refractivity contribution in [3.63, 3.8) is 0 Å². The first-order chi connectivity index (χ1) is 9.54. The van der Waals surface area contributed by atoms with Gasteiger partial charge in [-0.15, -0.1) is 11.6 Å². The van der Waals surface area contributed by atoms with Crippen molar-refractivity contribution in [2.75, 3.05) is 19.0 Å². The zero-order valence-corrected chi connectivity index (χ0v) is 12.9. The van der Waals surface area contributed by atoms with Crippen LogP contribution in [0.1, 0.15) is 39.5 Å². The van der Waals surface area contributed by atoms with Crippen LogP contribution >= 0.6 is 11.6 Å². The van der Waals surface area contributed by atoms with Crippen LogP contribution in [0.4, 0.5) is 0 Å². The third kappa shape index (κ3) is 8.74. The Hall–Kier alpha value is -1.30. The summed E-state index contributed by atoms with van der Waals surface area (Å²) in [4.78, 5) is 34.3. The molecular weight excluding hydrogens is 282 g/mol. The molecule has 0 saturated heterocycles. The highest BCUT2D eigenvalue weighted by molar-refractivity contribution is 6.27. The molecule has 3 amide bonds. The molecule has 20 heavy (non-hydrogen) atoms. The third-order valence-electron chi connectivity index (χ3n) is 2.59. The molecule has 0 spiro atoms. The van der Waals surface area contributed by atoms with Crippen LogP contribution in [0.5, 0.6) is 0 Å². The molecule has 116 valence electrons. The predicted octanol–water partition coefficient (Wildman–Crippen LogP) is 0.543. The molecule has 0 aliphatic rings. The summed E-state index contributed by atoms with van der Waals surface area (Å²) in [5.74, 6) is -0.779. The highest BCUT2D eigenvalue weighted by Gasteiger charge is 2.19. The zero-order valence-electron chi connectivity index (χ0n) is 12.1. The molecule has 7 heteroatoms. The minimum atomic E-state index is -0.607. The quantitative estimate of drug-likeness (QED) is 0.407. The molecule has 0 aromatic rings. The molecule has 0 aromatic carbocycles. The molecule has 0 fully saturated rings. The first-order valence-electron chi connectivity index (χ1n) is 6.94. The van der Waals surface area contributed by atoms with Crippen LogP contribution < -0.4 is 16.0 Å². The van der Waals surface area contributed by atoms with E-state index in [-0.39, 0.29) is 23.6 Å². The lowest BCUT2D eigenvalue weighted by Crippen LogP contribution is -2.47. The second kappa shape index (κ2) is 11.5. The maximum Gasteiger partial charge on any atom is 0.242 e. The maximum atomic E-state index is 11.8. The van der Waals surface area contributed by atoms with E-state index in [4.69, 9.17) is 11.6 Å². The Morgan fingerprint density at radius 3 is 2.35 bits per heavy atom. The summed E-state index contributed by atoms with van der Waals surface area (Å²) in [5, 5.41) is 8.00. The van der Waals surface area contributed by atoms with Crippen molar-refractivity contribution in [2.24, 2.45) is 0 Å². The number of nitrogens with one attached hydrogen (secondary N) is 3. The highest BCUT2D eigenvalue weighted by atomic mass is 35.5. The number of carbonyl (C=O) groups excluding carboxylic acids is 3. The summed E-state index contributed by atoms with van der Waals surface area (Å²) >= 11 is 5.41. The minimum absolute atomic E-state index is 0.00635. The van der Waals surface area contributed by atoms with E-state index >= 15 is 0 Å². The number of amides is 3. The fourth-order valence-electron chi connectivity index (χ4n) is 1.65. The molecule has 6 nitrogen and oxygen atoms in total. The van der Waals surface area contributed by atoms with Crippen molar-refractivity contribution >= 4 is 29.3 Å². The SMILES string of the molecule is CCCC(=O)NCCCC(NC(=O)CCl)C(=O)NCC. The summed E-state index contributed by atoms with van der Waals surface area (Å²) < 4.78 is 0. The predicted molar refractivity (Wildman–Crippen MR) is 78.5 cm³/mol. The minimum Gasteiger partial charge on any atom is -0.356 e. The number of hydrogen-bond donors (Lipinski definition) is 3. The third-order valence-corrected chi connectivity index (χ3v) is 2.84. The molecule has 0 saturated carbocycles. The summed E-state index contributed by atoms with van der Waals surface area (Å²) in [7, 11) is 0. The Bertz CT molecular complexity index is 324. The summed E-state index contributed by atoms with van der Waals surface area (Å²) in [6.45, 7) is 4.74. The van der Waals surface area contributed by atoms with Gasteiger partial charge in [0, 0.05) is 19.5 Å². The normalized spacial score (nSPS) is 11.6. The van der Waals surface area contributed by atoms with E-state index in [0.29, 0.717) is 32.4 Å². The zero-order chi connectivity index (χ0) is 15.4. The Labute approximate surface area is 125 Å². The van der Waals surface area contributed by atoms with Gasteiger partial charge in [-0.05, 0) is 26.2 Å². The van der Waals surface area contributed by atoms with Crippen LogP contribution in [0.2, 0.25) is 0 Å². The monoisotopic (exact) mass is 305 g/mol. The number of alkyl halides is 1. The molecule has 0 bridgehead atoms. The molecule has 0 radical (unpaired) electrons. The van der Waals surface area contributed by atoms with Gasteiger partial charge in [0.1, 0.15) is 11.9 Å². The molecule has 0 aliphatic carbocycles. The highest BCUT2D eigenvalue weighted by Crippen LogP contribution is 1.98. The molecule has 0 rings (SSSR count). The van der Waals surface area contributed by atoms with E-state index in [1.54, 1.807) is 0 Å². The molecule has 0 aliphatic heterocycles. The molecule has 1 atom stereocenters. The molecule has 3 N–H and O–H groups in total. The van der Waals surface area contributed by atoms with Gasteiger partial charge < -0.3 is 16.0 Å². The lowest BCUT2D eigenvalue weighted by molar-refractivity contribution is -0.128. The molecule has 0 heterocycles. The molecular formula is C13H24ClN3O3. The van der Waals surface area contributed by atoms with Crippen molar-refractivity contribution in [1.29, 1.82) is 0 Å². The molecule has 0 aromatic heterocycles. The number of halogens is 1. The second-order valence-corrected chi connectivity index (χ2v) is 4.66. The number of carbonyl (C=O) groups is 3. The fourth-order valence-corrected chi connectivity index (χ4v) is 1.73. The first-order valence-corrected chi connectivity index (χ1v) is 7.48. The van der Waals surface area contributed by atoms with Crippen LogP contribution in [0, 0.1) is 0 Å². The van der Waals surface area contributed by atoms with Crippen molar-refractivity contribution in [2.45, 2.75) is 45.6 Å². The molecule has 1 unspecified atom stereocenters. The number of hydrogen-bond acceptors (Lipinski definition) is 3. The van der Waals surface area contributed by atoms with Gasteiger partial charge in [-0.3, -0.25) is 14.4 Å². The van der Waals surface area contributed by atoms with Gasteiger partial charge >= 0.3 is 0 Å². The lowest BCUT2D eigenvalue weighted by atomic mass is 10.1. The Balaban J connectivity index is 4.12. The topological polar surface area (TPSA) is 87.3 Å². The van der Waals surface area contributed by atoms with Crippen molar-refractivity contribution < 1.29 is 14.4 Å². The summed E-state index contributed by atoms with van der Waals surface area (Å²) in [6, 6.07) is -0.607. The average Bonchev–Trinajstić information content (AvgIpc) is 2.42. The first kappa shape index (κ1) is 18.7. The van der Waals surface area contributed by atoms with E-state index in [1.165, 1.54) is 0 Å².